The van der Waals surface area contributed by atoms with Crippen molar-refractivity contribution in [3.63, 3.8) is 0 Å². The van der Waals surface area contributed by atoms with Gasteiger partial charge in [0.05, 0.1) is 11.4 Å². The largest absolute Gasteiger partial charge is 0.383 e. The Hall–Kier alpha value is -0.0900. The molecule has 0 saturated heterocycles. The molecule has 0 bridgehead atoms. The molecule has 3 nitrogen and oxygen atoms in total. The quantitative estimate of drug-likeness (QED) is 0.694. The summed E-state index contributed by atoms with van der Waals surface area (Å²) in [5.41, 5.74) is 0. The van der Waals surface area contributed by atoms with Crippen LogP contribution in [-0.4, -0.2) is 42.9 Å². The molecule has 0 aromatic heterocycles. The van der Waals surface area contributed by atoms with E-state index in [9.17, 15) is 4.79 Å². The predicted octanol–water partition coefficient (Wildman–Crippen LogP) is 1.90. The molecule has 1 saturated carbocycles. The Kier molecular flexibility index (Phi) is 5.06. The van der Waals surface area contributed by atoms with Crippen LogP contribution in [0.25, 0.3) is 0 Å². The second-order valence-corrected chi connectivity index (χ2v) is 5.69. The smallest absolute Gasteiger partial charge is 0.225 e. The molecule has 88 valence electrons. The summed E-state index contributed by atoms with van der Waals surface area (Å²) in [5.74, 6) is 1.09. The molecule has 15 heavy (non-hydrogen) atoms. The van der Waals surface area contributed by atoms with Gasteiger partial charge in [-0.25, -0.2) is 0 Å². The van der Waals surface area contributed by atoms with Crippen molar-refractivity contribution in [2.75, 3.05) is 27.3 Å². The van der Waals surface area contributed by atoms with Crippen molar-refractivity contribution < 1.29 is 9.53 Å². The molecule has 1 fully saturated rings. The van der Waals surface area contributed by atoms with Gasteiger partial charge in [0, 0.05) is 26.6 Å². The zero-order valence-corrected chi connectivity index (χ0v) is 11.3. The number of carbonyl (C=O) groups excluding carboxylic acids is 1. The van der Waals surface area contributed by atoms with E-state index < -0.39 is 0 Å². The molecule has 2 atom stereocenters. The molecular formula is C11H20BrNO2. The Labute approximate surface area is 100 Å². The maximum Gasteiger partial charge on any atom is 0.225 e. The average molecular weight is 278 g/mol. The standard InChI is InChI=1S/C11H20BrNO2/c1-8(9-4-5-9)11(14)13(2)6-10(12)7-15-3/h8-10H,4-7H2,1-3H3. The predicted molar refractivity (Wildman–Crippen MR) is 64.1 cm³/mol. The lowest BCUT2D eigenvalue weighted by molar-refractivity contribution is -0.134. The fraction of sp³-hybridized carbons (Fsp3) is 0.909. The zero-order valence-electron chi connectivity index (χ0n) is 9.70. The molecule has 0 aliphatic heterocycles. The third-order valence-corrected chi connectivity index (χ3v) is 3.47. The molecule has 1 aliphatic carbocycles. The number of carbonyl (C=O) groups is 1. The van der Waals surface area contributed by atoms with Crippen molar-refractivity contribution in [1.29, 1.82) is 0 Å². The van der Waals surface area contributed by atoms with E-state index in [1.165, 1.54) is 12.8 Å². The van der Waals surface area contributed by atoms with Crippen LogP contribution in [0, 0.1) is 11.8 Å². The maximum atomic E-state index is 11.9. The van der Waals surface area contributed by atoms with Gasteiger partial charge in [0.1, 0.15) is 0 Å². The van der Waals surface area contributed by atoms with Crippen LogP contribution >= 0.6 is 15.9 Å². The summed E-state index contributed by atoms with van der Waals surface area (Å²) in [5, 5.41) is 0. The van der Waals surface area contributed by atoms with Crippen LogP contribution in [0.3, 0.4) is 0 Å². The summed E-state index contributed by atoms with van der Waals surface area (Å²) in [6, 6.07) is 0. The second kappa shape index (κ2) is 5.85. The minimum atomic E-state index is 0.192. The minimum Gasteiger partial charge on any atom is -0.383 e. The molecule has 2 unspecified atom stereocenters. The molecular weight excluding hydrogens is 258 g/mol. The van der Waals surface area contributed by atoms with Gasteiger partial charge in [-0.3, -0.25) is 4.79 Å². The first kappa shape index (κ1) is 13.0. The van der Waals surface area contributed by atoms with E-state index in [0.717, 1.165) is 0 Å². The zero-order chi connectivity index (χ0) is 11.4. The lowest BCUT2D eigenvalue weighted by Gasteiger charge is -2.23. The summed E-state index contributed by atoms with van der Waals surface area (Å²) < 4.78 is 5.02. The van der Waals surface area contributed by atoms with Crippen molar-refractivity contribution in [3.05, 3.63) is 0 Å². The number of ether oxygens (including phenoxy) is 1. The summed E-state index contributed by atoms with van der Waals surface area (Å²) in [6.07, 6.45) is 2.44. The number of halogens is 1. The maximum absolute atomic E-state index is 11.9. The first-order valence-corrected chi connectivity index (χ1v) is 6.35. The van der Waals surface area contributed by atoms with Crippen LogP contribution in [0.4, 0.5) is 0 Å². The number of amides is 1. The molecule has 4 heteroatoms. The van der Waals surface area contributed by atoms with Crippen molar-refractivity contribution in [3.8, 4) is 0 Å². The topological polar surface area (TPSA) is 29.5 Å². The van der Waals surface area contributed by atoms with Crippen molar-refractivity contribution >= 4 is 21.8 Å². The Morgan fingerprint density at radius 2 is 2.20 bits per heavy atom. The summed E-state index contributed by atoms with van der Waals surface area (Å²) >= 11 is 3.49. The van der Waals surface area contributed by atoms with E-state index >= 15 is 0 Å². The monoisotopic (exact) mass is 277 g/mol. The number of methoxy groups -OCH3 is 1. The number of hydrogen-bond donors (Lipinski definition) is 0. The Balaban J connectivity index is 2.31. The van der Waals surface area contributed by atoms with Gasteiger partial charge in [-0.2, -0.15) is 0 Å². The van der Waals surface area contributed by atoms with Gasteiger partial charge in [-0.05, 0) is 18.8 Å². The van der Waals surface area contributed by atoms with Crippen LogP contribution in [0.2, 0.25) is 0 Å². The molecule has 0 spiro atoms. The third-order valence-electron chi connectivity index (χ3n) is 2.91. The number of nitrogens with zero attached hydrogens (tertiary/aromatic N) is 1. The van der Waals surface area contributed by atoms with Gasteiger partial charge >= 0.3 is 0 Å². The van der Waals surface area contributed by atoms with E-state index in [2.05, 4.69) is 15.9 Å². The van der Waals surface area contributed by atoms with Crippen LogP contribution in [-0.2, 0) is 9.53 Å². The number of alkyl halides is 1. The van der Waals surface area contributed by atoms with Crippen molar-refractivity contribution in [2.24, 2.45) is 11.8 Å². The van der Waals surface area contributed by atoms with Gasteiger partial charge in [0.2, 0.25) is 5.91 Å². The minimum absolute atomic E-state index is 0.192. The fourth-order valence-electron chi connectivity index (χ4n) is 1.77. The Morgan fingerprint density at radius 1 is 1.60 bits per heavy atom. The molecule has 0 radical (unpaired) electrons. The van der Waals surface area contributed by atoms with Gasteiger partial charge in [-0.1, -0.05) is 22.9 Å². The molecule has 0 aromatic carbocycles. The lowest BCUT2D eigenvalue weighted by atomic mass is 10.1. The van der Waals surface area contributed by atoms with Crippen LogP contribution < -0.4 is 0 Å². The molecule has 1 rings (SSSR count). The van der Waals surface area contributed by atoms with Crippen LogP contribution in [0.1, 0.15) is 19.8 Å². The van der Waals surface area contributed by atoms with Crippen LogP contribution in [0.5, 0.6) is 0 Å². The lowest BCUT2D eigenvalue weighted by Crippen LogP contribution is -2.37. The first-order chi connectivity index (χ1) is 7.06. The van der Waals surface area contributed by atoms with Crippen molar-refractivity contribution in [2.45, 2.75) is 24.6 Å². The third kappa shape index (κ3) is 4.11. The van der Waals surface area contributed by atoms with Gasteiger partial charge in [0.15, 0.2) is 0 Å². The highest BCUT2D eigenvalue weighted by Gasteiger charge is 2.34. The Morgan fingerprint density at radius 3 is 2.67 bits per heavy atom. The van der Waals surface area contributed by atoms with Gasteiger partial charge in [0.25, 0.3) is 0 Å². The highest BCUT2D eigenvalue weighted by Crippen LogP contribution is 2.37. The molecule has 0 N–H and O–H groups in total. The summed E-state index contributed by atoms with van der Waals surface area (Å²) in [7, 11) is 3.54. The summed E-state index contributed by atoms with van der Waals surface area (Å²) in [4.78, 5) is 14.0. The van der Waals surface area contributed by atoms with Crippen molar-refractivity contribution in [1.82, 2.24) is 4.90 Å². The van der Waals surface area contributed by atoms with E-state index in [1.807, 2.05) is 14.0 Å². The normalized spacial score (nSPS) is 19.7. The Bertz CT molecular complexity index is 219. The summed E-state index contributed by atoms with van der Waals surface area (Å²) in [6.45, 7) is 3.38. The average Bonchev–Trinajstić information content (AvgIpc) is 2.99. The van der Waals surface area contributed by atoms with E-state index in [-0.39, 0.29) is 16.7 Å². The second-order valence-electron chi connectivity index (χ2n) is 4.40. The fourth-order valence-corrected chi connectivity index (χ4v) is 2.46. The van der Waals surface area contributed by atoms with E-state index in [4.69, 9.17) is 4.74 Å². The first-order valence-electron chi connectivity index (χ1n) is 5.44. The number of rotatable bonds is 6. The molecule has 0 heterocycles. The van der Waals surface area contributed by atoms with Gasteiger partial charge in [-0.15, -0.1) is 0 Å². The van der Waals surface area contributed by atoms with E-state index in [0.29, 0.717) is 19.1 Å². The molecule has 1 amide bonds. The highest BCUT2D eigenvalue weighted by molar-refractivity contribution is 9.09. The SMILES string of the molecule is COCC(Br)CN(C)C(=O)C(C)C1CC1. The van der Waals surface area contributed by atoms with Gasteiger partial charge < -0.3 is 9.64 Å². The molecule has 0 aromatic rings. The van der Waals surface area contributed by atoms with E-state index in [1.54, 1.807) is 12.0 Å². The van der Waals surface area contributed by atoms with Crippen LogP contribution in [0.15, 0.2) is 0 Å². The highest BCUT2D eigenvalue weighted by atomic mass is 79.9. The number of hydrogen-bond acceptors (Lipinski definition) is 2. The molecule has 1 aliphatic rings.